The summed E-state index contributed by atoms with van der Waals surface area (Å²) in [7, 11) is 0. The third-order valence-corrected chi connectivity index (χ3v) is 3.10. The quantitative estimate of drug-likeness (QED) is 0.880. The lowest BCUT2D eigenvalue weighted by Crippen LogP contribution is -2.45. The monoisotopic (exact) mass is 320 g/mol. The topological polar surface area (TPSA) is 55.1 Å². The average molecular weight is 321 g/mol. The SMILES string of the molecule is CC(C)(C)[C@H](N)C(=O)Nc1c(F)cc(F)cc1Br. The molecule has 0 aliphatic rings. The Morgan fingerprint density at radius 2 is 1.94 bits per heavy atom. The van der Waals surface area contributed by atoms with Gasteiger partial charge in [0.05, 0.1) is 11.7 Å². The number of carbonyl (C=O) groups is 1. The fourth-order valence-electron chi connectivity index (χ4n) is 1.26. The van der Waals surface area contributed by atoms with E-state index in [0.29, 0.717) is 6.07 Å². The molecular weight excluding hydrogens is 306 g/mol. The van der Waals surface area contributed by atoms with Crippen molar-refractivity contribution >= 4 is 27.5 Å². The van der Waals surface area contributed by atoms with Crippen molar-refractivity contribution < 1.29 is 13.6 Å². The standard InChI is InChI=1S/C12H15BrF2N2O/c1-12(2,3)10(16)11(18)17-9-7(13)4-6(14)5-8(9)15/h4-5,10H,16H2,1-3H3,(H,17,18)/t10-/m1/s1. The van der Waals surface area contributed by atoms with E-state index in [1.54, 1.807) is 20.8 Å². The van der Waals surface area contributed by atoms with Crippen LogP contribution >= 0.6 is 15.9 Å². The van der Waals surface area contributed by atoms with Crippen molar-refractivity contribution in [1.29, 1.82) is 0 Å². The first-order valence-corrected chi connectivity index (χ1v) is 6.13. The van der Waals surface area contributed by atoms with Crippen LogP contribution in [-0.2, 0) is 4.79 Å². The van der Waals surface area contributed by atoms with Crippen molar-refractivity contribution in [1.82, 2.24) is 0 Å². The lowest BCUT2D eigenvalue weighted by Gasteiger charge is -2.26. The Bertz CT molecular complexity index is 449. The molecule has 3 nitrogen and oxygen atoms in total. The molecule has 0 aliphatic heterocycles. The number of benzene rings is 1. The van der Waals surface area contributed by atoms with E-state index >= 15 is 0 Å². The van der Waals surface area contributed by atoms with Crippen molar-refractivity contribution in [2.45, 2.75) is 26.8 Å². The molecule has 6 heteroatoms. The number of nitrogens with one attached hydrogen (secondary N) is 1. The third-order valence-electron chi connectivity index (χ3n) is 2.47. The second-order valence-corrected chi connectivity index (χ2v) is 5.93. The Labute approximate surface area is 113 Å². The van der Waals surface area contributed by atoms with Gasteiger partial charge in [0.2, 0.25) is 5.91 Å². The first-order chi connectivity index (χ1) is 8.12. The van der Waals surface area contributed by atoms with Gasteiger partial charge in [0.25, 0.3) is 0 Å². The minimum absolute atomic E-state index is 0.110. The average Bonchev–Trinajstić information content (AvgIpc) is 2.20. The highest BCUT2D eigenvalue weighted by Crippen LogP contribution is 2.28. The number of amides is 1. The third kappa shape index (κ3) is 3.49. The van der Waals surface area contributed by atoms with Crippen LogP contribution in [0, 0.1) is 17.0 Å². The van der Waals surface area contributed by atoms with E-state index in [1.807, 2.05) is 0 Å². The van der Waals surface area contributed by atoms with E-state index in [0.717, 1.165) is 6.07 Å². The number of hydrogen-bond acceptors (Lipinski definition) is 2. The molecule has 0 bridgehead atoms. The molecule has 3 N–H and O–H groups in total. The highest BCUT2D eigenvalue weighted by Gasteiger charge is 2.28. The van der Waals surface area contributed by atoms with Gasteiger partial charge in [-0.1, -0.05) is 20.8 Å². The van der Waals surface area contributed by atoms with Gasteiger partial charge in [-0.2, -0.15) is 0 Å². The molecule has 1 amide bonds. The fraction of sp³-hybridized carbons (Fsp3) is 0.417. The molecule has 18 heavy (non-hydrogen) atoms. The molecule has 0 fully saturated rings. The molecule has 0 saturated carbocycles. The maximum Gasteiger partial charge on any atom is 0.241 e. The summed E-state index contributed by atoms with van der Waals surface area (Å²) in [6, 6.07) is 0.971. The lowest BCUT2D eigenvalue weighted by atomic mass is 9.87. The van der Waals surface area contributed by atoms with Gasteiger partial charge in [-0.15, -0.1) is 0 Å². The Morgan fingerprint density at radius 1 is 1.39 bits per heavy atom. The molecule has 100 valence electrons. The van der Waals surface area contributed by atoms with Crippen molar-refractivity contribution in [3.8, 4) is 0 Å². The molecule has 0 aromatic heterocycles. The highest BCUT2D eigenvalue weighted by molar-refractivity contribution is 9.10. The number of nitrogens with two attached hydrogens (primary N) is 1. The highest BCUT2D eigenvalue weighted by atomic mass is 79.9. The van der Waals surface area contributed by atoms with E-state index in [2.05, 4.69) is 21.2 Å². The van der Waals surface area contributed by atoms with Gasteiger partial charge in [0.15, 0.2) is 5.82 Å². The number of anilines is 1. The summed E-state index contributed by atoms with van der Waals surface area (Å²) in [6.45, 7) is 5.40. The Hall–Kier alpha value is -1.01. The van der Waals surface area contributed by atoms with E-state index < -0.39 is 29.0 Å². The number of halogens is 3. The predicted molar refractivity (Wildman–Crippen MR) is 70.1 cm³/mol. The second kappa shape index (κ2) is 5.32. The van der Waals surface area contributed by atoms with Crippen LogP contribution < -0.4 is 11.1 Å². The molecular formula is C12H15BrF2N2O. The first-order valence-electron chi connectivity index (χ1n) is 5.34. The van der Waals surface area contributed by atoms with Gasteiger partial charge in [-0.3, -0.25) is 4.79 Å². The molecule has 0 heterocycles. The van der Waals surface area contributed by atoms with Gasteiger partial charge in [0, 0.05) is 10.5 Å². The summed E-state index contributed by atoms with van der Waals surface area (Å²) in [4.78, 5) is 11.8. The maximum atomic E-state index is 13.5. The van der Waals surface area contributed by atoms with Crippen LogP contribution in [-0.4, -0.2) is 11.9 Å². The van der Waals surface area contributed by atoms with Gasteiger partial charge >= 0.3 is 0 Å². The van der Waals surface area contributed by atoms with Crippen molar-refractivity contribution in [3.05, 3.63) is 28.2 Å². The molecule has 0 spiro atoms. The van der Waals surface area contributed by atoms with Crippen LogP contribution in [0.4, 0.5) is 14.5 Å². The summed E-state index contributed by atoms with van der Waals surface area (Å²) in [6.07, 6.45) is 0. The van der Waals surface area contributed by atoms with E-state index in [9.17, 15) is 13.6 Å². The summed E-state index contributed by atoms with van der Waals surface area (Å²) < 4.78 is 26.5. The molecule has 1 aromatic rings. The largest absolute Gasteiger partial charge is 0.321 e. The lowest BCUT2D eigenvalue weighted by molar-refractivity contribution is -0.119. The van der Waals surface area contributed by atoms with Gasteiger partial charge in [-0.25, -0.2) is 8.78 Å². The Balaban J connectivity index is 2.96. The fourth-order valence-corrected chi connectivity index (χ4v) is 1.76. The predicted octanol–water partition coefficient (Wildman–Crippen LogP) is 3.04. The van der Waals surface area contributed by atoms with E-state index in [1.165, 1.54) is 0 Å². The zero-order valence-corrected chi connectivity index (χ0v) is 11.9. The molecule has 1 rings (SSSR count). The zero-order chi connectivity index (χ0) is 14.1. The van der Waals surface area contributed by atoms with E-state index in [4.69, 9.17) is 5.73 Å². The molecule has 0 radical (unpaired) electrons. The first kappa shape index (κ1) is 15.0. The number of rotatable bonds is 2. The molecule has 0 unspecified atom stereocenters. The summed E-state index contributed by atoms with van der Waals surface area (Å²) in [5.74, 6) is -2.09. The number of hydrogen-bond donors (Lipinski definition) is 2. The summed E-state index contributed by atoms with van der Waals surface area (Å²) in [5, 5.41) is 2.36. The van der Waals surface area contributed by atoms with Gasteiger partial charge in [-0.05, 0) is 27.4 Å². The van der Waals surface area contributed by atoms with Crippen LogP contribution in [0.25, 0.3) is 0 Å². The van der Waals surface area contributed by atoms with Crippen molar-refractivity contribution in [2.24, 2.45) is 11.1 Å². The van der Waals surface area contributed by atoms with Crippen molar-refractivity contribution in [3.63, 3.8) is 0 Å². The van der Waals surface area contributed by atoms with Crippen LogP contribution in [0.2, 0.25) is 0 Å². The van der Waals surface area contributed by atoms with E-state index in [-0.39, 0.29) is 10.2 Å². The Kier molecular flexibility index (Phi) is 4.45. The minimum Gasteiger partial charge on any atom is -0.321 e. The summed E-state index contributed by atoms with van der Waals surface area (Å²) in [5.41, 5.74) is 5.19. The zero-order valence-electron chi connectivity index (χ0n) is 10.4. The van der Waals surface area contributed by atoms with Crippen LogP contribution in [0.15, 0.2) is 16.6 Å². The van der Waals surface area contributed by atoms with Gasteiger partial charge in [0.1, 0.15) is 5.82 Å². The molecule has 0 aliphatic carbocycles. The smallest absolute Gasteiger partial charge is 0.241 e. The molecule has 1 atom stereocenters. The second-order valence-electron chi connectivity index (χ2n) is 5.08. The maximum absolute atomic E-state index is 13.5. The molecule has 1 aromatic carbocycles. The number of carbonyl (C=O) groups excluding carboxylic acids is 1. The van der Waals surface area contributed by atoms with Gasteiger partial charge < -0.3 is 11.1 Å². The van der Waals surface area contributed by atoms with Crippen LogP contribution in [0.3, 0.4) is 0 Å². The normalized spacial score (nSPS) is 13.3. The Morgan fingerprint density at radius 3 is 2.39 bits per heavy atom. The molecule has 0 saturated heterocycles. The van der Waals surface area contributed by atoms with Crippen molar-refractivity contribution in [2.75, 3.05) is 5.32 Å². The summed E-state index contributed by atoms with van der Waals surface area (Å²) >= 11 is 2.99. The van der Waals surface area contributed by atoms with Crippen LogP contribution in [0.1, 0.15) is 20.8 Å². The van der Waals surface area contributed by atoms with Crippen LogP contribution in [0.5, 0.6) is 0 Å². The minimum atomic E-state index is -0.851.